The van der Waals surface area contributed by atoms with Gasteiger partial charge in [0.15, 0.2) is 0 Å². The summed E-state index contributed by atoms with van der Waals surface area (Å²) >= 11 is 1.10. The number of hydrogen-bond acceptors (Lipinski definition) is 6. The fourth-order valence-corrected chi connectivity index (χ4v) is 2.64. The Morgan fingerprint density at radius 3 is 2.74 bits per heavy atom. The highest BCUT2D eigenvalue weighted by molar-refractivity contribution is 7.00. The molecule has 8 nitrogen and oxygen atoms in total. The quantitative estimate of drug-likeness (QED) is 0.697. The third kappa shape index (κ3) is 3.34. The number of nitrogens with zero attached hydrogens (tertiary/aromatic N) is 4. The molecule has 23 heavy (non-hydrogen) atoms. The van der Waals surface area contributed by atoms with E-state index in [0.717, 1.165) is 28.5 Å². The van der Waals surface area contributed by atoms with Gasteiger partial charge in [0.25, 0.3) is 0 Å². The van der Waals surface area contributed by atoms with Gasteiger partial charge in [-0.1, -0.05) is 0 Å². The number of nitrogens with one attached hydrogen (secondary N) is 2. The monoisotopic (exact) mass is 330 g/mol. The lowest BCUT2D eigenvalue weighted by Gasteiger charge is -2.06. The van der Waals surface area contributed by atoms with Crippen molar-refractivity contribution in [3.05, 3.63) is 35.7 Å². The van der Waals surface area contributed by atoms with Crippen LogP contribution >= 0.6 is 11.7 Å². The number of carbonyl (C=O) groups excluding carboxylic acids is 2. The van der Waals surface area contributed by atoms with Gasteiger partial charge >= 0.3 is 11.8 Å². The summed E-state index contributed by atoms with van der Waals surface area (Å²) in [4.78, 5) is 23.8. The number of carbonyl (C=O) groups is 2. The predicted molar refractivity (Wildman–Crippen MR) is 85.8 cm³/mol. The third-order valence-corrected chi connectivity index (χ3v) is 3.83. The number of hydrogen-bond donors (Lipinski definition) is 2. The van der Waals surface area contributed by atoms with E-state index in [-0.39, 0.29) is 6.54 Å². The summed E-state index contributed by atoms with van der Waals surface area (Å²) in [6.07, 6.45) is 1.80. The molecule has 2 amide bonds. The zero-order valence-electron chi connectivity index (χ0n) is 12.5. The average molecular weight is 330 g/mol. The number of benzene rings is 1. The summed E-state index contributed by atoms with van der Waals surface area (Å²) in [6, 6.07) is 5.10. The standard InChI is InChI=1S/C14H14N6O2S/c1-8-9(7-20(2)17-8)6-15-13(21)14(22)16-10-3-4-11-12(5-10)19-23-18-11/h3-5,7H,6H2,1-2H3,(H,15,21)(H,16,22). The third-order valence-electron chi connectivity index (χ3n) is 3.27. The van der Waals surface area contributed by atoms with Crippen molar-refractivity contribution in [2.24, 2.45) is 7.05 Å². The SMILES string of the molecule is Cc1nn(C)cc1CNC(=O)C(=O)Nc1ccc2nsnc2c1. The Bertz CT molecular complexity index is 884. The summed E-state index contributed by atoms with van der Waals surface area (Å²) < 4.78 is 9.83. The Hall–Kier alpha value is -2.81. The van der Waals surface area contributed by atoms with Gasteiger partial charge in [0.1, 0.15) is 11.0 Å². The van der Waals surface area contributed by atoms with E-state index in [1.54, 1.807) is 36.1 Å². The Morgan fingerprint density at radius 1 is 1.22 bits per heavy atom. The molecule has 0 aliphatic heterocycles. The maximum atomic E-state index is 11.9. The van der Waals surface area contributed by atoms with Gasteiger partial charge in [-0.05, 0) is 25.1 Å². The largest absolute Gasteiger partial charge is 0.344 e. The van der Waals surface area contributed by atoms with Gasteiger partial charge in [0.05, 0.1) is 17.4 Å². The minimum absolute atomic E-state index is 0.251. The van der Waals surface area contributed by atoms with Crippen LogP contribution in [0, 0.1) is 6.92 Å². The highest BCUT2D eigenvalue weighted by Gasteiger charge is 2.15. The van der Waals surface area contributed by atoms with Crippen molar-refractivity contribution in [2.75, 3.05) is 5.32 Å². The predicted octanol–water partition coefficient (Wildman–Crippen LogP) is 0.988. The average Bonchev–Trinajstić information content (AvgIpc) is 3.10. The second kappa shape index (κ2) is 6.13. The van der Waals surface area contributed by atoms with Crippen LogP contribution < -0.4 is 10.6 Å². The van der Waals surface area contributed by atoms with Crippen LogP contribution in [0.2, 0.25) is 0 Å². The second-order valence-corrected chi connectivity index (χ2v) is 5.55. The van der Waals surface area contributed by atoms with E-state index in [1.807, 2.05) is 6.92 Å². The second-order valence-electron chi connectivity index (χ2n) is 5.02. The molecule has 3 aromatic rings. The highest BCUT2D eigenvalue weighted by atomic mass is 32.1. The van der Waals surface area contributed by atoms with E-state index < -0.39 is 11.8 Å². The number of aryl methyl sites for hydroxylation is 2. The van der Waals surface area contributed by atoms with E-state index in [1.165, 1.54) is 0 Å². The van der Waals surface area contributed by atoms with E-state index in [9.17, 15) is 9.59 Å². The van der Waals surface area contributed by atoms with Gasteiger partial charge in [-0.3, -0.25) is 14.3 Å². The molecular weight excluding hydrogens is 316 g/mol. The zero-order valence-corrected chi connectivity index (χ0v) is 13.3. The first-order valence-corrected chi connectivity index (χ1v) is 7.56. The van der Waals surface area contributed by atoms with Crippen molar-refractivity contribution < 1.29 is 9.59 Å². The summed E-state index contributed by atoms with van der Waals surface area (Å²) in [5, 5.41) is 9.30. The lowest BCUT2D eigenvalue weighted by molar-refractivity contribution is -0.136. The van der Waals surface area contributed by atoms with E-state index in [2.05, 4.69) is 24.5 Å². The molecule has 3 rings (SSSR count). The smallest absolute Gasteiger partial charge is 0.313 e. The molecule has 2 N–H and O–H groups in total. The van der Waals surface area contributed by atoms with Gasteiger partial charge < -0.3 is 10.6 Å². The fourth-order valence-electron chi connectivity index (χ4n) is 2.13. The molecule has 0 bridgehead atoms. The zero-order chi connectivity index (χ0) is 16.4. The summed E-state index contributed by atoms with van der Waals surface area (Å²) in [6.45, 7) is 2.10. The van der Waals surface area contributed by atoms with Gasteiger partial charge in [0, 0.05) is 31.0 Å². The van der Waals surface area contributed by atoms with Crippen molar-refractivity contribution in [2.45, 2.75) is 13.5 Å². The van der Waals surface area contributed by atoms with Crippen molar-refractivity contribution in [1.29, 1.82) is 0 Å². The normalized spacial score (nSPS) is 10.7. The molecule has 0 unspecified atom stereocenters. The minimum Gasteiger partial charge on any atom is -0.344 e. The van der Waals surface area contributed by atoms with E-state index in [4.69, 9.17) is 0 Å². The first-order chi connectivity index (χ1) is 11.0. The maximum absolute atomic E-state index is 11.9. The van der Waals surface area contributed by atoms with Crippen LogP contribution in [0.1, 0.15) is 11.3 Å². The number of fused-ring (bicyclic) bond motifs is 1. The number of rotatable bonds is 3. The van der Waals surface area contributed by atoms with E-state index in [0.29, 0.717) is 11.2 Å². The van der Waals surface area contributed by atoms with Gasteiger partial charge in [-0.2, -0.15) is 13.8 Å². The molecule has 0 radical (unpaired) electrons. The molecule has 2 aromatic heterocycles. The Morgan fingerprint density at radius 2 is 2.00 bits per heavy atom. The molecule has 9 heteroatoms. The molecule has 1 aromatic carbocycles. The summed E-state index contributed by atoms with van der Waals surface area (Å²) in [5.74, 6) is -1.43. The van der Waals surface area contributed by atoms with Gasteiger partial charge in [-0.15, -0.1) is 0 Å². The van der Waals surface area contributed by atoms with Crippen LogP contribution in [-0.2, 0) is 23.2 Å². The molecule has 0 saturated carbocycles. The Kier molecular flexibility index (Phi) is 4.02. The van der Waals surface area contributed by atoms with Crippen LogP contribution in [-0.4, -0.2) is 30.3 Å². The van der Waals surface area contributed by atoms with Crippen molar-refractivity contribution in [3.8, 4) is 0 Å². The lowest BCUT2D eigenvalue weighted by Crippen LogP contribution is -2.35. The molecule has 0 fully saturated rings. The topological polar surface area (TPSA) is 102 Å². The van der Waals surface area contributed by atoms with Gasteiger partial charge in [-0.25, -0.2) is 0 Å². The fraction of sp³-hybridized carbons (Fsp3) is 0.214. The van der Waals surface area contributed by atoms with Crippen molar-refractivity contribution >= 4 is 40.3 Å². The minimum atomic E-state index is -0.728. The molecule has 0 spiro atoms. The molecule has 0 atom stereocenters. The molecule has 0 aliphatic carbocycles. The first kappa shape index (κ1) is 15.1. The van der Waals surface area contributed by atoms with Crippen LogP contribution in [0.25, 0.3) is 11.0 Å². The maximum Gasteiger partial charge on any atom is 0.313 e. The molecule has 118 valence electrons. The Labute approximate surface area is 135 Å². The summed E-state index contributed by atoms with van der Waals surface area (Å²) in [7, 11) is 1.80. The van der Waals surface area contributed by atoms with Crippen LogP contribution in [0.5, 0.6) is 0 Å². The molecule has 2 heterocycles. The summed E-state index contributed by atoms with van der Waals surface area (Å²) in [5.41, 5.74) is 3.62. The number of amides is 2. The van der Waals surface area contributed by atoms with Crippen molar-refractivity contribution in [3.63, 3.8) is 0 Å². The highest BCUT2D eigenvalue weighted by Crippen LogP contribution is 2.16. The Balaban J connectivity index is 1.60. The molecular formula is C14H14N6O2S. The van der Waals surface area contributed by atoms with Gasteiger partial charge in [0.2, 0.25) is 0 Å². The number of anilines is 1. The number of aromatic nitrogens is 4. The molecule has 0 saturated heterocycles. The first-order valence-electron chi connectivity index (χ1n) is 6.83. The van der Waals surface area contributed by atoms with Crippen LogP contribution in [0.4, 0.5) is 5.69 Å². The van der Waals surface area contributed by atoms with Crippen LogP contribution in [0.15, 0.2) is 24.4 Å². The lowest BCUT2D eigenvalue weighted by atomic mass is 10.2. The van der Waals surface area contributed by atoms with Crippen molar-refractivity contribution in [1.82, 2.24) is 23.8 Å². The van der Waals surface area contributed by atoms with E-state index >= 15 is 0 Å². The molecule has 0 aliphatic rings. The van der Waals surface area contributed by atoms with Crippen LogP contribution in [0.3, 0.4) is 0 Å².